The standard InChI is InChI=1S/C14H19NO3/c1-17-12-3-2-4-13(9-12)18-14(16)10-5-7-11(15)8-6-10/h5-8,12-13H,2-4,9,15H2,1H3. The van der Waals surface area contributed by atoms with Crippen LogP contribution in [0.15, 0.2) is 24.3 Å². The van der Waals surface area contributed by atoms with Crippen LogP contribution in [-0.4, -0.2) is 25.3 Å². The molecule has 1 aliphatic rings. The third-order valence-electron chi connectivity index (χ3n) is 3.33. The van der Waals surface area contributed by atoms with Crippen LogP contribution < -0.4 is 5.73 Å². The Morgan fingerprint density at radius 2 is 1.89 bits per heavy atom. The van der Waals surface area contributed by atoms with E-state index >= 15 is 0 Å². The Bertz CT molecular complexity index is 402. The molecule has 98 valence electrons. The van der Waals surface area contributed by atoms with Crippen LogP contribution in [-0.2, 0) is 9.47 Å². The van der Waals surface area contributed by atoms with Gasteiger partial charge in [-0.15, -0.1) is 0 Å². The maximum absolute atomic E-state index is 11.9. The van der Waals surface area contributed by atoms with Gasteiger partial charge >= 0.3 is 5.97 Å². The molecule has 0 bridgehead atoms. The van der Waals surface area contributed by atoms with Crippen molar-refractivity contribution in [3.05, 3.63) is 29.8 Å². The van der Waals surface area contributed by atoms with Gasteiger partial charge < -0.3 is 15.2 Å². The van der Waals surface area contributed by atoms with Crippen LogP contribution in [0.5, 0.6) is 0 Å². The summed E-state index contributed by atoms with van der Waals surface area (Å²) in [6.45, 7) is 0. The van der Waals surface area contributed by atoms with E-state index in [-0.39, 0.29) is 18.2 Å². The topological polar surface area (TPSA) is 61.5 Å². The van der Waals surface area contributed by atoms with Crippen LogP contribution in [0, 0.1) is 0 Å². The van der Waals surface area contributed by atoms with Gasteiger partial charge in [0.2, 0.25) is 0 Å². The number of nitrogen functional groups attached to an aromatic ring is 1. The largest absolute Gasteiger partial charge is 0.459 e. The molecule has 0 radical (unpaired) electrons. The minimum atomic E-state index is -0.281. The molecule has 2 rings (SSSR count). The second kappa shape index (κ2) is 5.87. The molecular weight excluding hydrogens is 230 g/mol. The molecule has 1 aromatic rings. The highest BCUT2D eigenvalue weighted by Gasteiger charge is 2.24. The second-order valence-corrected chi connectivity index (χ2v) is 4.67. The summed E-state index contributed by atoms with van der Waals surface area (Å²) < 4.78 is 10.8. The van der Waals surface area contributed by atoms with E-state index in [0.29, 0.717) is 11.3 Å². The van der Waals surface area contributed by atoms with Crippen LogP contribution in [0.3, 0.4) is 0 Å². The first-order valence-electron chi connectivity index (χ1n) is 6.28. The molecule has 0 aliphatic heterocycles. The normalized spacial score (nSPS) is 23.6. The van der Waals surface area contributed by atoms with Crippen LogP contribution in [0.2, 0.25) is 0 Å². The lowest BCUT2D eigenvalue weighted by molar-refractivity contribution is -0.0149. The Morgan fingerprint density at radius 3 is 2.56 bits per heavy atom. The summed E-state index contributed by atoms with van der Waals surface area (Å²) in [6.07, 6.45) is 3.97. The fraction of sp³-hybridized carbons (Fsp3) is 0.500. The Balaban J connectivity index is 1.92. The van der Waals surface area contributed by atoms with Crippen LogP contribution in [0.4, 0.5) is 5.69 Å². The van der Waals surface area contributed by atoms with Gasteiger partial charge in [-0.05, 0) is 43.5 Å². The summed E-state index contributed by atoms with van der Waals surface area (Å²) in [6, 6.07) is 6.79. The van der Waals surface area contributed by atoms with Crippen molar-refractivity contribution in [3.8, 4) is 0 Å². The Kier molecular flexibility index (Phi) is 4.20. The van der Waals surface area contributed by atoms with E-state index in [2.05, 4.69) is 0 Å². The van der Waals surface area contributed by atoms with Gasteiger partial charge in [0.05, 0.1) is 11.7 Å². The van der Waals surface area contributed by atoms with E-state index in [1.807, 2.05) is 0 Å². The zero-order valence-electron chi connectivity index (χ0n) is 10.6. The molecule has 18 heavy (non-hydrogen) atoms. The van der Waals surface area contributed by atoms with Gasteiger partial charge in [-0.3, -0.25) is 0 Å². The Morgan fingerprint density at radius 1 is 1.22 bits per heavy atom. The van der Waals surface area contributed by atoms with Crippen molar-refractivity contribution in [2.45, 2.75) is 37.9 Å². The lowest BCUT2D eigenvalue weighted by Crippen LogP contribution is -2.29. The molecule has 0 aromatic heterocycles. The minimum absolute atomic E-state index is 0.0336. The summed E-state index contributed by atoms with van der Waals surface area (Å²) in [7, 11) is 1.70. The number of carbonyl (C=O) groups is 1. The molecule has 0 heterocycles. The molecule has 1 saturated carbocycles. The highest BCUT2D eigenvalue weighted by molar-refractivity contribution is 5.89. The van der Waals surface area contributed by atoms with Crippen molar-refractivity contribution in [2.75, 3.05) is 12.8 Å². The van der Waals surface area contributed by atoms with Crippen molar-refractivity contribution < 1.29 is 14.3 Å². The van der Waals surface area contributed by atoms with Crippen molar-refractivity contribution in [2.24, 2.45) is 0 Å². The van der Waals surface area contributed by atoms with E-state index in [9.17, 15) is 4.79 Å². The molecule has 2 unspecified atom stereocenters. The highest BCUT2D eigenvalue weighted by Crippen LogP contribution is 2.24. The van der Waals surface area contributed by atoms with Crippen molar-refractivity contribution in [3.63, 3.8) is 0 Å². The molecule has 2 N–H and O–H groups in total. The van der Waals surface area contributed by atoms with E-state index < -0.39 is 0 Å². The third kappa shape index (κ3) is 3.23. The second-order valence-electron chi connectivity index (χ2n) is 4.67. The average molecular weight is 249 g/mol. The average Bonchev–Trinajstić information content (AvgIpc) is 2.39. The van der Waals surface area contributed by atoms with Gasteiger partial charge in [-0.1, -0.05) is 0 Å². The maximum Gasteiger partial charge on any atom is 0.338 e. The molecule has 0 spiro atoms. The van der Waals surface area contributed by atoms with Gasteiger partial charge in [0.25, 0.3) is 0 Å². The smallest absolute Gasteiger partial charge is 0.338 e. The third-order valence-corrected chi connectivity index (χ3v) is 3.33. The summed E-state index contributed by atoms with van der Waals surface area (Å²) in [4.78, 5) is 11.9. The van der Waals surface area contributed by atoms with E-state index in [1.165, 1.54) is 0 Å². The molecule has 1 aliphatic carbocycles. The number of esters is 1. The zero-order valence-corrected chi connectivity index (χ0v) is 10.6. The molecule has 4 heteroatoms. The highest BCUT2D eigenvalue weighted by atomic mass is 16.5. The van der Waals surface area contributed by atoms with Gasteiger partial charge in [0, 0.05) is 19.2 Å². The van der Waals surface area contributed by atoms with Gasteiger partial charge in [-0.2, -0.15) is 0 Å². The van der Waals surface area contributed by atoms with E-state index in [1.54, 1.807) is 31.4 Å². The van der Waals surface area contributed by atoms with Gasteiger partial charge in [0.15, 0.2) is 0 Å². The SMILES string of the molecule is COC1CCCC(OC(=O)c2ccc(N)cc2)C1. The first-order chi connectivity index (χ1) is 8.69. The number of rotatable bonds is 3. The number of methoxy groups -OCH3 is 1. The summed E-state index contributed by atoms with van der Waals surface area (Å²) >= 11 is 0. The first-order valence-corrected chi connectivity index (χ1v) is 6.28. The van der Waals surface area contributed by atoms with Crippen molar-refractivity contribution in [1.82, 2.24) is 0 Å². The lowest BCUT2D eigenvalue weighted by atomic mass is 9.95. The number of nitrogens with two attached hydrogens (primary N) is 1. The van der Waals surface area contributed by atoms with Gasteiger partial charge in [-0.25, -0.2) is 4.79 Å². The lowest BCUT2D eigenvalue weighted by Gasteiger charge is -2.27. The molecule has 2 atom stereocenters. The Hall–Kier alpha value is -1.55. The monoisotopic (exact) mass is 249 g/mol. The molecule has 1 fully saturated rings. The summed E-state index contributed by atoms with van der Waals surface area (Å²) in [5.41, 5.74) is 6.77. The number of ether oxygens (including phenoxy) is 2. The van der Waals surface area contributed by atoms with Gasteiger partial charge in [0.1, 0.15) is 6.10 Å². The van der Waals surface area contributed by atoms with Crippen molar-refractivity contribution in [1.29, 1.82) is 0 Å². The predicted molar refractivity (Wildman–Crippen MR) is 69.3 cm³/mol. The fourth-order valence-corrected chi connectivity index (χ4v) is 2.26. The molecule has 0 amide bonds. The Labute approximate surface area is 107 Å². The maximum atomic E-state index is 11.9. The number of hydrogen-bond donors (Lipinski definition) is 1. The molecule has 4 nitrogen and oxygen atoms in total. The zero-order chi connectivity index (χ0) is 13.0. The number of anilines is 1. The first kappa shape index (κ1) is 12.9. The van der Waals surface area contributed by atoms with Crippen molar-refractivity contribution >= 4 is 11.7 Å². The van der Waals surface area contributed by atoms with E-state index in [4.69, 9.17) is 15.2 Å². The minimum Gasteiger partial charge on any atom is -0.459 e. The van der Waals surface area contributed by atoms with Crippen LogP contribution in [0.1, 0.15) is 36.0 Å². The van der Waals surface area contributed by atoms with Crippen LogP contribution >= 0.6 is 0 Å². The molecule has 1 aromatic carbocycles. The summed E-state index contributed by atoms with van der Waals surface area (Å²) in [5, 5.41) is 0. The summed E-state index contributed by atoms with van der Waals surface area (Å²) in [5.74, 6) is -0.281. The van der Waals surface area contributed by atoms with E-state index in [0.717, 1.165) is 25.7 Å². The molecule has 0 saturated heterocycles. The quantitative estimate of drug-likeness (QED) is 0.660. The molecular formula is C14H19NO3. The number of benzene rings is 1. The number of carbonyl (C=O) groups excluding carboxylic acids is 1. The number of hydrogen-bond acceptors (Lipinski definition) is 4. The predicted octanol–water partition coefficient (Wildman–Crippen LogP) is 2.38. The fourth-order valence-electron chi connectivity index (χ4n) is 2.26. The van der Waals surface area contributed by atoms with Crippen LogP contribution in [0.25, 0.3) is 0 Å².